The van der Waals surface area contributed by atoms with Crippen molar-refractivity contribution in [1.82, 2.24) is 20.8 Å². The van der Waals surface area contributed by atoms with E-state index in [0.29, 0.717) is 6.54 Å². The number of rotatable bonds is 7. The number of aryl methyl sites for hydroxylation is 3. The number of carbonyl (C=O) groups excluding carboxylic acids is 1. The Morgan fingerprint density at radius 3 is 2.83 bits per heavy atom. The predicted molar refractivity (Wildman–Crippen MR) is 90.7 cm³/mol. The van der Waals surface area contributed by atoms with E-state index in [1.54, 1.807) is 11.3 Å². The molecule has 0 spiro atoms. The van der Waals surface area contributed by atoms with E-state index in [-0.39, 0.29) is 12.1 Å². The van der Waals surface area contributed by atoms with E-state index in [1.807, 2.05) is 27.0 Å². The summed E-state index contributed by atoms with van der Waals surface area (Å²) in [5.74, 6) is 0.857. The van der Waals surface area contributed by atoms with Crippen molar-refractivity contribution in [3.63, 3.8) is 0 Å². The van der Waals surface area contributed by atoms with Gasteiger partial charge in [0.1, 0.15) is 10.8 Å². The second-order valence-electron chi connectivity index (χ2n) is 5.55. The van der Waals surface area contributed by atoms with E-state index in [1.165, 1.54) is 4.88 Å². The quantitative estimate of drug-likeness (QED) is 0.760. The fraction of sp³-hybridized carbons (Fsp3) is 0.562. The highest BCUT2D eigenvalue weighted by Gasteiger charge is 2.13. The molecule has 2 rings (SSSR count). The molecule has 2 aromatic rings. The average Bonchev–Trinajstić information content (AvgIpc) is 3.12. The number of amides is 2. The van der Waals surface area contributed by atoms with Crippen molar-refractivity contribution in [2.75, 3.05) is 6.54 Å². The Kier molecular flexibility index (Phi) is 6.15. The van der Waals surface area contributed by atoms with Crippen molar-refractivity contribution in [1.29, 1.82) is 0 Å². The van der Waals surface area contributed by atoms with Gasteiger partial charge in [-0.3, -0.25) is 0 Å². The van der Waals surface area contributed by atoms with Crippen molar-refractivity contribution in [2.24, 2.45) is 0 Å². The van der Waals surface area contributed by atoms with Gasteiger partial charge >= 0.3 is 6.03 Å². The maximum absolute atomic E-state index is 11.9. The molecule has 0 aliphatic carbocycles. The highest BCUT2D eigenvalue weighted by atomic mass is 32.1. The van der Waals surface area contributed by atoms with Gasteiger partial charge in [0.25, 0.3) is 0 Å². The normalized spacial score (nSPS) is 12.2. The van der Waals surface area contributed by atoms with Gasteiger partial charge in [0.15, 0.2) is 0 Å². The SMILES string of the molecule is CCc1cnc([C@H](C)NC(=O)NCCCc2c(C)noc2C)s1. The summed E-state index contributed by atoms with van der Waals surface area (Å²) in [6, 6.07) is -0.243. The molecule has 2 heterocycles. The average molecular weight is 336 g/mol. The number of urea groups is 1. The molecule has 2 N–H and O–H groups in total. The zero-order valence-corrected chi connectivity index (χ0v) is 14.9. The van der Waals surface area contributed by atoms with Gasteiger partial charge in [-0.1, -0.05) is 12.1 Å². The van der Waals surface area contributed by atoms with Gasteiger partial charge in [0, 0.05) is 23.2 Å². The van der Waals surface area contributed by atoms with Crippen LogP contribution in [0.1, 0.15) is 53.2 Å². The third-order valence-corrected chi connectivity index (χ3v) is 5.03. The number of hydrogen-bond donors (Lipinski definition) is 2. The number of nitrogens with one attached hydrogen (secondary N) is 2. The smallest absolute Gasteiger partial charge is 0.315 e. The molecular formula is C16H24N4O2S. The van der Waals surface area contributed by atoms with Crippen molar-refractivity contribution >= 4 is 17.4 Å². The van der Waals surface area contributed by atoms with Crippen molar-refractivity contribution < 1.29 is 9.32 Å². The fourth-order valence-corrected chi connectivity index (χ4v) is 3.18. The summed E-state index contributed by atoms with van der Waals surface area (Å²) in [6.07, 6.45) is 4.54. The second kappa shape index (κ2) is 8.10. The topological polar surface area (TPSA) is 80.0 Å². The molecular weight excluding hydrogens is 312 g/mol. The first-order valence-corrected chi connectivity index (χ1v) is 8.73. The number of thiazole rings is 1. The lowest BCUT2D eigenvalue weighted by molar-refractivity contribution is 0.238. The minimum Gasteiger partial charge on any atom is -0.361 e. The number of nitrogens with zero attached hydrogens (tertiary/aromatic N) is 2. The lowest BCUT2D eigenvalue weighted by Gasteiger charge is -2.12. The molecule has 0 aliphatic heterocycles. The summed E-state index contributed by atoms with van der Waals surface area (Å²) in [4.78, 5) is 17.5. The molecule has 126 valence electrons. The Hall–Kier alpha value is -1.89. The lowest BCUT2D eigenvalue weighted by Crippen LogP contribution is -2.37. The first-order valence-electron chi connectivity index (χ1n) is 7.92. The molecule has 0 saturated heterocycles. The molecule has 1 atom stereocenters. The Morgan fingerprint density at radius 1 is 1.43 bits per heavy atom. The van der Waals surface area contributed by atoms with Crippen molar-refractivity contribution in [3.05, 3.63) is 33.1 Å². The van der Waals surface area contributed by atoms with E-state index >= 15 is 0 Å². The molecule has 23 heavy (non-hydrogen) atoms. The molecule has 2 amide bonds. The second-order valence-corrected chi connectivity index (χ2v) is 6.69. The third-order valence-electron chi connectivity index (χ3n) is 3.71. The molecule has 7 heteroatoms. The summed E-state index contributed by atoms with van der Waals surface area (Å²) in [5.41, 5.74) is 2.06. The molecule has 0 fully saturated rings. The zero-order chi connectivity index (χ0) is 16.8. The minimum atomic E-state index is -0.162. The molecule has 6 nitrogen and oxygen atoms in total. The minimum absolute atomic E-state index is 0.0807. The van der Waals surface area contributed by atoms with Crippen LogP contribution in [0.4, 0.5) is 4.79 Å². The van der Waals surface area contributed by atoms with Crippen LogP contribution in [0.3, 0.4) is 0 Å². The summed E-state index contributed by atoms with van der Waals surface area (Å²) < 4.78 is 5.13. The Bertz CT molecular complexity index is 631. The van der Waals surface area contributed by atoms with Gasteiger partial charge in [0.2, 0.25) is 0 Å². The van der Waals surface area contributed by atoms with Gasteiger partial charge < -0.3 is 15.2 Å². The highest BCUT2D eigenvalue weighted by Crippen LogP contribution is 2.20. The van der Waals surface area contributed by atoms with Gasteiger partial charge in [-0.2, -0.15) is 0 Å². The summed E-state index contributed by atoms with van der Waals surface area (Å²) in [7, 11) is 0. The fourth-order valence-electron chi connectivity index (χ4n) is 2.32. The van der Waals surface area contributed by atoms with Crippen LogP contribution in [-0.2, 0) is 12.8 Å². The highest BCUT2D eigenvalue weighted by molar-refractivity contribution is 7.11. The molecule has 2 aromatic heterocycles. The standard InChI is InChI=1S/C16H24N4O2S/c1-5-13-9-18-15(23-13)11(3)19-16(21)17-8-6-7-14-10(2)20-22-12(14)4/h9,11H,5-8H2,1-4H3,(H2,17,19,21)/t11-/m0/s1. The maximum atomic E-state index is 11.9. The number of aromatic nitrogens is 2. The number of carbonyl (C=O) groups is 1. The summed E-state index contributed by atoms with van der Waals surface area (Å²) in [6.45, 7) is 8.51. The zero-order valence-electron chi connectivity index (χ0n) is 14.1. The molecule has 0 aliphatic rings. The first kappa shape index (κ1) is 17.5. The van der Waals surface area contributed by atoms with Gasteiger partial charge in [-0.15, -0.1) is 11.3 Å². The van der Waals surface area contributed by atoms with Crippen molar-refractivity contribution in [2.45, 2.75) is 53.0 Å². The molecule has 0 aromatic carbocycles. The lowest BCUT2D eigenvalue weighted by atomic mass is 10.1. The monoisotopic (exact) mass is 336 g/mol. The third kappa shape index (κ3) is 4.79. The van der Waals surface area contributed by atoms with E-state index < -0.39 is 0 Å². The van der Waals surface area contributed by atoms with Crippen LogP contribution in [0.2, 0.25) is 0 Å². The van der Waals surface area contributed by atoms with Crippen LogP contribution in [0.15, 0.2) is 10.7 Å². The first-order chi connectivity index (χ1) is 11.0. The molecule has 0 radical (unpaired) electrons. The summed E-state index contributed by atoms with van der Waals surface area (Å²) in [5, 5.41) is 10.7. The van der Waals surface area contributed by atoms with Crippen LogP contribution in [0.25, 0.3) is 0 Å². The Labute approximate surface area is 140 Å². The van der Waals surface area contributed by atoms with Crippen LogP contribution in [0, 0.1) is 13.8 Å². The number of hydrogen-bond acceptors (Lipinski definition) is 5. The van der Waals surface area contributed by atoms with Crippen LogP contribution < -0.4 is 10.6 Å². The van der Waals surface area contributed by atoms with Crippen LogP contribution >= 0.6 is 11.3 Å². The van der Waals surface area contributed by atoms with E-state index in [0.717, 1.165) is 41.3 Å². The molecule has 0 unspecified atom stereocenters. The van der Waals surface area contributed by atoms with E-state index in [9.17, 15) is 4.79 Å². The molecule has 0 bridgehead atoms. The van der Waals surface area contributed by atoms with Crippen LogP contribution in [-0.4, -0.2) is 22.7 Å². The largest absolute Gasteiger partial charge is 0.361 e. The van der Waals surface area contributed by atoms with Crippen LogP contribution in [0.5, 0.6) is 0 Å². The molecule has 0 saturated carbocycles. The predicted octanol–water partition coefficient (Wildman–Crippen LogP) is 3.30. The van der Waals surface area contributed by atoms with Gasteiger partial charge in [0.05, 0.1) is 11.7 Å². The van der Waals surface area contributed by atoms with Gasteiger partial charge in [-0.05, 0) is 40.0 Å². The Balaban J connectivity index is 1.70. The summed E-state index contributed by atoms with van der Waals surface area (Å²) >= 11 is 1.64. The van der Waals surface area contributed by atoms with E-state index in [2.05, 4.69) is 27.7 Å². The van der Waals surface area contributed by atoms with Crippen molar-refractivity contribution in [3.8, 4) is 0 Å². The maximum Gasteiger partial charge on any atom is 0.315 e. The Morgan fingerprint density at radius 2 is 2.22 bits per heavy atom. The van der Waals surface area contributed by atoms with Gasteiger partial charge in [-0.25, -0.2) is 9.78 Å². The van der Waals surface area contributed by atoms with E-state index in [4.69, 9.17) is 4.52 Å².